The Morgan fingerprint density at radius 2 is 2.24 bits per heavy atom. The van der Waals surface area contributed by atoms with E-state index in [1.54, 1.807) is 0 Å². The third-order valence-corrected chi connectivity index (χ3v) is 3.70. The molecule has 0 bridgehead atoms. The van der Waals surface area contributed by atoms with E-state index < -0.39 is 0 Å². The predicted octanol–water partition coefficient (Wildman–Crippen LogP) is 2.23. The van der Waals surface area contributed by atoms with E-state index in [4.69, 9.17) is 4.74 Å². The number of rotatable bonds is 8. The van der Waals surface area contributed by atoms with Crippen molar-refractivity contribution in [2.45, 2.75) is 46.3 Å². The van der Waals surface area contributed by atoms with Crippen LogP contribution in [0, 0.1) is 5.92 Å². The summed E-state index contributed by atoms with van der Waals surface area (Å²) >= 11 is 0. The van der Waals surface area contributed by atoms with Gasteiger partial charge in [-0.3, -0.25) is 4.98 Å². The maximum absolute atomic E-state index is 5.71. The zero-order valence-electron chi connectivity index (χ0n) is 13.5. The zero-order chi connectivity index (χ0) is 15.1. The van der Waals surface area contributed by atoms with Crippen molar-refractivity contribution in [2.75, 3.05) is 31.1 Å². The highest BCUT2D eigenvalue weighted by molar-refractivity contribution is 5.35. The van der Waals surface area contributed by atoms with E-state index in [2.05, 4.69) is 41.0 Å². The first-order valence-corrected chi connectivity index (χ1v) is 8.07. The van der Waals surface area contributed by atoms with Gasteiger partial charge in [0.1, 0.15) is 5.82 Å². The lowest BCUT2D eigenvalue weighted by atomic mass is 10.2. The number of hydrogen-bond donors (Lipinski definition) is 1. The fourth-order valence-corrected chi connectivity index (χ4v) is 2.51. The van der Waals surface area contributed by atoms with Crippen LogP contribution < -0.4 is 10.2 Å². The number of anilines is 1. The molecule has 1 N–H and O–H groups in total. The second-order valence-corrected chi connectivity index (χ2v) is 6.06. The van der Waals surface area contributed by atoms with Crippen LogP contribution in [0.25, 0.3) is 0 Å². The Morgan fingerprint density at radius 3 is 2.81 bits per heavy atom. The minimum Gasteiger partial charge on any atom is -0.376 e. The van der Waals surface area contributed by atoms with Gasteiger partial charge in [-0.15, -0.1) is 0 Å². The smallest absolute Gasteiger partial charge is 0.147 e. The largest absolute Gasteiger partial charge is 0.376 e. The number of nitrogens with zero attached hydrogens (tertiary/aromatic N) is 3. The number of likely N-dealkylation sites (N-methyl/N-ethyl adjacent to an activating group) is 1. The van der Waals surface area contributed by atoms with Gasteiger partial charge in [0.25, 0.3) is 0 Å². The molecule has 0 saturated carbocycles. The highest BCUT2D eigenvalue weighted by atomic mass is 16.5. The predicted molar refractivity (Wildman–Crippen MR) is 85.4 cm³/mol. The highest BCUT2D eigenvalue weighted by Crippen LogP contribution is 2.16. The van der Waals surface area contributed by atoms with Gasteiger partial charge < -0.3 is 15.0 Å². The molecule has 5 heteroatoms. The summed E-state index contributed by atoms with van der Waals surface area (Å²) in [5, 5.41) is 3.39. The van der Waals surface area contributed by atoms with E-state index in [0.29, 0.717) is 12.0 Å². The first kappa shape index (κ1) is 16.2. The summed E-state index contributed by atoms with van der Waals surface area (Å²) < 4.78 is 5.71. The fraction of sp³-hybridized carbons (Fsp3) is 0.750. The van der Waals surface area contributed by atoms with E-state index in [1.165, 1.54) is 6.42 Å². The monoisotopic (exact) mass is 292 g/mol. The van der Waals surface area contributed by atoms with E-state index in [-0.39, 0.29) is 0 Å². The quantitative estimate of drug-likeness (QED) is 0.796. The standard InChI is InChI=1S/C16H28N4O/c1-4-20(12-15-6-5-7-21-15)16-11-18-14(10-19-16)9-17-8-13(2)3/h10-11,13,15,17H,4-9,12H2,1-3H3. The SMILES string of the molecule is CCN(CC1CCCO1)c1cnc(CNCC(C)C)cn1. The molecule has 1 unspecified atom stereocenters. The minimum atomic E-state index is 0.346. The van der Waals surface area contributed by atoms with E-state index in [9.17, 15) is 0 Å². The molecule has 0 spiro atoms. The van der Waals surface area contributed by atoms with Gasteiger partial charge in [-0.25, -0.2) is 4.98 Å². The molecule has 5 nitrogen and oxygen atoms in total. The van der Waals surface area contributed by atoms with Crippen molar-refractivity contribution in [3.63, 3.8) is 0 Å². The van der Waals surface area contributed by atoms with Crippen LogP contribution in [0.2, 0.25) is 0 Å². The summed E-state index contributed by atoms with van der Waals surface area (Å²) in [7, 11) is 0. The molecule has 0 aromatic carbocycles. The van der Waals surface area contributed by atoms with Crippen molar-refractivity contribution in [3.8, 4) is 0 Å². The van der Waals surface area contributed by atoms with Crippen molar-refractivity contribution in [1.82, 2.24) is 15.3 Å². The molecular formula is C16H28N4O. The summed E-state index contributed by atoms with van der Waals surface area (Å²) in [6.07, 6.45) is 6.43. The van der Waals surface area contributed by atoms with Crippen molar-refractivity contribution < 1.29 is 4.74 Å². The van der Waals surface area contributed by atoms with Gasteiger partial charge >= 0.3 is 0 Å². The minimum absolute atomic E-state index is 0.346. The van der Waals surface area contributed by atoms with Gasteiger partial charge in [-0.2, -0.15) is 0 Å². The van der Waals surface area contributed by atoms with Crippen LogP contribution in [0.1, 0.15) is 39.3 Å². The maximum atomic E-state index is 5.71. The summed E-state index contributed by atoms with van der Waals surface area (Å²) in [5.74, 6) is 1.60. The van der Waals surface area contributed by atoms with Crippen LogP contribution in [0.15, 0.2) is 12.4 Å². The van der Waals surface area contributed by atoms with Crippen LogP contribution in [0.3, 0.4) is 0 Å². The zero-order valence-corrected chi connectivity index (χ0v) is 13.5. The Hall–Kier alpha value is -1.20. The van der Waals surface area contributed by atoms with Gasteiger partial charge in [0.2, 0.25) is 0 Å². The van der Waals surface area contributed by atoms with Crippen molar-refractivity contribution in [1.29, 1.82) is 0 Å². The Bertz CT molecular complexity index is 401. The molecule has 1 aliphatic heterocycles. The van der Waals surface area contributed by atoms with E-state index in [0.717, 1.165) is 50.7 Å². The lowest BCUT2D eigenvalue weighted by Gasteiger charge is -2.24. The average Bonchev–Trinajstić information content (AvgIpc) is 2.98. The summed E-state index contributed by atoms with van der Waals surface area (Å²) in [6.45, 7) is 11.1. The third kappa shape index (κ3) is 5.25. The van der Waals surface area contributed by atoms with E-state index >= 15 is 0 Å². The maximum Gasteiger partial charge on any atom is 0.147 e. The Kier molecular flexibility index (Phi) is 6.39. The molecular weight excluding hydrogens is 264 g/mol. The van der Waals surface area contributed by atoms with Gasteiger partial charge in [-0.05, 0) is 32.2 Å². The van der Waals surface area contributed by atoms with Crippen molar-refractivity contribution in [3.05, 3.63) is 18.1 Å². The fourth-order valence-electron chi connectivity index (χ4n) is 2.51. The average molecular weight is 292 g/mol. The van der Waals surface area contributed by atoms with Gasteiger partial charge in [0, 0.05) is 26.2 Å². The Balaban J connectivity index is 1.86. The van der Waals surface area contributed by atoms with Gasteiger partial charge in [0.05, 0.1) is 24.2 Å². The Morgan fingerprint density at radius 1 is 1.38 bits per heavy atom. The summed E-state index contributed by atoms with van der Waals surface area (Å²) in [6, 6.07) is 0. The normalized spacial score (nSPS) is 18.4. The lowest BCUT2D eigenvalue weighted by molar-refractivity contribution is 0.115. The van der Waals surface area contributed by atoms with Crippen LogP contribution in [0.5, 0.6) is 0 Å². The molecule has 1 aromatic rings. The molecule has 1 aromatic heterocycles. The molecule has 1 aliphatic rings. The second-order valence-electron chi connectivity index (χ2n) is 6.06. The van der Waals surface area contributed by atoms with Gasteiger partial charge in [-0.1, -0.05) is 13.8 Å². The molecule has 1 saturated heterocycles. The third-order valence-electron chi connectivity index (χ3n) is 3.70. The molecule has 1 atom stereocenters. The molecule has 2 heterocycles. The Labute approximate surface area is 128 Å². The number of nitrogens with one attached hydrogen (secondary N) is 1. The molecule has 0 amide bonds. The topological polar surface area (TPSA) is 50.3 Å². The van der Waals surface area contributed by atoms with Crippen LogP contribution in [-0.2, 0) is 11.3 Å². The molecule has 0 radical (unpaired) electrons. The molecule has 2 rings (SSSR count). The van der Waals surface area contributed by atoms with Crippen LogP contribution in [-0.4, -0.2) is 42.3 Å². The van der Waals surface area contributed by atoms with Gasteiger partial charge in [0.15, 0.2) is 0 Å². The van der Waals surface area contributed by atoms with Crippen molar-refractivity contribution in [2.24, 2.45) is 5.92 Å². The molecule has 1 fully saturated rings. The summed E-state index contributed by atoms with van der Waals surface area (Å²) in [4.78, 5) is 11.3. The highest BCUT2D eigenvalue weighted by Gasteiger charge is 2.19. The van der Waals surface area contributed by atoms with Crippen molar-refractivity contribution >= 4 is 5.82 Å². The number of hydrogen-bond acceptors (Lipinski definition) is 5. The number of ether oxygens (including phenoxy) is 1. The second kappa shape index (κ2) is 8.29. The molecule has 118 valence electrons. The first-order valence-electron chi connectivity index (χ1n) is 8.07. The number of aromatic nitrogens is 2. The molecule has 0 aliphatic carbocycles. The summed E-state index contributed by atoms with van der Waals surface area (Å²) in [5.41, 5.74) is 0.993. The van der Waals surface area contributed by atoms with Crippen LogP contribution in [0.4, 0.5) is 5.82 Å². The van der Waals surface area contributed by atoms with Crippen LogP contribution >= 0.6 is 0 Å². The first-order chi connectivity index (χ1) is 10.2. The molecule has 21 heavy (non-hydrogen) atoms. The van der Waals surface area contributed by atoms with E-state index in [1.807, 2.05) is 12.4 Å². The lowest BCUT2D eigenvalue weighted by Crippen LogP contribution is -2.32.